The maximum atomic E-state index is 12.1. The fourth-order valence-electron chi connectivity index (χ4n) is 5.86. The van der Waals surface area contributed by atoms with Crippen LogP contribution in [0.1, 0.15) is 43.1 Å². The molecule has 0 bridgehead atoms. The molecule has 6 rings (SSSR count). The van der Waals surface area contributed by atoms with Gasteiger partial charge in [0.1, 0.15) is 0 Å². The van der Waals surface area contributed by atoms with Gasteiger partial charge in [0.2, 0.25) is 5.91 Å². The number of aromatic nitrogens is 4. The number of hydrogen-bond donors (Lipinski definition) is 1. The second-order valence-corrected chi connectivity index (χ2v) is 10.5. The molecule has 1 fully saturated rings. The first kappa shape index (κ1) is 23.8. The topological polar surface area (TPSA) is 75.9 Å². The maximum Gasteiger partial charge on any atom is 0.219 e. The third kappa shape index (κ3) is 4.76. The summed E-state index contributed by atoms with van der Waals surface area (Å²) in [6, 6.07) is 12.8. The Morgan fingerprint density at radius 2 is 1.97 bits per heavy atom. The largest absolute Gasteiger partial charge is 0.338 e. The lowest BCUT2D eigenvalue weighted by Crippen LogP contribution is -2.34. The van der Waals surface area contributed by atoms with Crippen LogP contribution in [0.25, 0.3) is 33.3 Å². The van der Waals surface area contributed by atoms with E-state index in [2.05, 4.69) is 41.7 Å². The Morgan fingerprint density at radius 1 is 1.11 bits per heavy atom. The highest BCUT2D eigenvalue weighted by Gasteiger charge is 2.26. The van der Waals surface area contributed by atoms with Crippen molar-refractivity contribution in [3.05, 3.63) is 65.7 Å². The number of hydrogen-bond acceptors (Lipinski definition) is 5. The zero-order valence-electron chi connectivity index (χ0n) is 21.7. The lowest BCUT2D eigenvalue weighted by atomic mass is 9.92. The van der Waals surface area contributed by atoms with Gasteiger partial charge in [-0.05, 0) is 68.3 Å². The number of fused-ring (bicyclic) bond motifs is 2. The first-order valence-corrected chi connectivity index (χ1v) is 13.4. The van der Waals surface area contributed by atoms with E-state index in [-0.39, 0.29) is 5.91 Å². The quantitative estimate of drug-likeness (QED) is 0.441. The number of piperidine rings is 1. The van der Waals surface area contributed by atoms with Gasteiger partial charge in [0.25, 0.3) is 0 Å². The Hall–Kier alpha value is -3.58. The number of amides is 1. The molecule has 4 aromatic rings. The van der Waals surface area contributed by atoms with Gasteiger partial charge in [-0.3, -0.25) is 19.4 Å². The number of rotatable bonds is 5. The maximum absolute atomic E-state index is 12.1. The number of carbonyl (C=O) groups excluding carboxylic acids is 1. The molecule has 1 saturated heterocycles. The SMILES string of the molecule is CC(=O)N1CCc2c(c(-c3cccc4cc(-c5ccc(CCC6CCNCC6)nc5)ncc34)nn2C)C1. The van der Waals surface area contributed by atoms with Crippen LogP contribution in [-0.4, -0.2) is 50.2 Å². The van der Waals surface area contributed by atoms with Gasteiger partial charge in [0.15, 0.2) is 0 Å². The Balaban J connectivity index is 1.26. The highest BCUT2D eigenvalue weighted by atomic mass is 16.2. The predicted molar refractivity (Wildman–Crippen MR) is 146 cm³/mol. The molecular formula is C30H34N6O. The Labute approximate surface area is 217 Å². The van der Waals surface area contributed by atoms with Crippen LogP contribution in [0.15, 0.2) is 48.8 Å². The second kappa shape index (κ2) is 10.1. The number of nitrogens with zero attached hydrogens (tertiary/aromatic N) is 5. The van der Waals surface area contributed by atoms with E-state index in [4.69, 9.17) is 15.1 Å². The summed E-state index contributed by atoms with van der Waals surface area (Å²) in [5.74, 6) is 0.921. The minimum atomic E-state index is 0.107. The van der Waals surface area contributed by atoms with Crippen LogP contribution in [0.4, 0.5) is 0 Å². The minimum absolute atomic E-state index is 0.107. The minimum Gasteiger partial charge on any atom is -0.338 e. The summed E-state index contributed by atoms with van der Waals surface area (Å²) in [5, 5.41) is 10.5. The van der Waals surface area contributed by atoms with Crippen molar-refractivity contribution < 1.29 is 4.79 Å². The molecule has 0 spiro atoms. The molecule has 5 heterocycles. The molecule has 0 saturated carbocycles. The van der Waals surface area contributed by atoms with E-state index < -0.39 is 0 Å². The van der Waals surface area contributed by atoms with Crippen LogP contribution in [-0.2, 0) is 31.2 Å². The third-order valence-corrected chi connectivity index (χ3v) is 8.10. The molecule has 1 N–H and O–H groups in total. The molecule has 0 aliphatic carbocycles. The van der Waals surface area contributed by atoms with Gasteiger partial charge in [-0.2, -0.15) is 5.10 Å². The first-order valence-electron chi connectivity index (χ1n) is 13.4. The molecule has 1 amide bonds. The Bertz CT molecular complexity index is 1430. The van der Waals surface area contributed by atoms with Crippen LogP contribution in [0, 0.1) is 5.92 Å². The summed E-state index contributed by atoms with van der Waals surface area (Å²) in [6.45, 7) is 5.27. The third-order valence-electron chi connectivity index (χ3n) is 8.10. The van der Waals surface area contributed by atoms with Crippen molar-refractivity contribution in [3.63, 3.8) is 0 Å². The fraction of sp³-hybridized carbons (Fsp3) is 0.400. The Morgan fingerprint density at radius 3 is 2.76 bits per heavy atom. The van der Waals surface area contributed by atoms with Gasteiger partial charge in [-0.25, -0.2) is 0 Å². The van der Waals surface area contributed by atoms with E-state index in [1.54, 1.807) is 6.92 Å². The zero-order chi connectivity index (χ0) is 25.4. The smallest absolute Gasteiger partial charge is 0.219 e. The lowest BCUT2D eigenvalue weighted by Gasteiger charge is -2.26. The van der Waals surface area contributed by atoms with E-state index in [9.17, 15) is 4.79 Å². The summed E-state index contributed by atoms with van der Waals surface area (Å²) >= 11 is 0. The van der Waals surface area contributed by atoms with Crippen LogP contribution in [0.2, 0.25) is 0 Å². The van der Waals surface area contributed by atoms with Crippen LogP contribution >= 0.6 is 0 Å². The van der Waals surface area contributed by atoms with Crippen molar-refractivity contribution in [1.82, 2.24) is 30.0 Å². The molecule has 37 heavy (non-hydrogen) atoms. The molecule has 190 valence electrons. The van der Waals surface area contributed by atoms with Gasteiger partial charge < -0.3 is 10.2 Å². The van der Waals surface area contributed by atoms with Gasteiger partial charge in [0, 0.05) is 79.3 Å². The molecule has 2 aliphatic heterocycles. The lowest BCUT2D eigenvalue weighted by molar-refractivity contribution is -0.129. The normalized spacial score (nSPS) is 16.2. The molecule has 7 nitrogen and oxygen atoms in total. The summed E-state index contributed by atoms with van der Waals surface area (Å²) in [7, 11) is 2.00. The number of pyridine rings is 2. The number of aryl methyl sites for hydroxylation is 2. The average Bonchev–Trinajstić information content (AvgIpc) is 3.27. The Kier molecular flexibility index (Phi) is 6.47. The van der Waals surface area contributed by atoms with Crippen LogP contribution < -0.4 is 5.32 Å². The molecular weight excluding hydrogens is 460 g/mol. The molecule has 1 aromatic carbocycles. The highest BCUT2D eigenvalue weighted by Crippen LogP contribution is 2.35. The summed E-state index contributed by atoms with van der Waals surface area (Å²) < 4.78 is 1.97. The van der Waals surface area contributed by atoms with E-state index >= 15 is 0 Å². The number of nitrogens with one attached hydrogen (secondary N) is 1. The van der Waals surface area contributed by atoms with Gasteiger partial charge in [-0.15, -0.1) is 0 Å². The van der Waals surface area contributed by atoms with Crippen LogP contribution in [0.5, 0.6) is 0 Å². The monoisotopic (exact) mass is 494 g/mol. The van der Waals surface area contributed by atoms with Crippen molar-refractivity contribution in [1.29, 1.82) is 0 Å². The standard InChI is InChI=1S/C30H34N6O/c1-20(37)36-15-12-29-27(19-36)30(34-35(29)2)25-5-3-4-22-16-28(33-18-26(22)25)23-7-9-24(32-17-23)8-6-21-10-13-31-14-11-21/h3-5,7,9,16-18,21,31H,6,8,10-15,19H2,1-2H3. The molecule has 0 atom stereocenters. The van der Waals surface area contributed by atoms with E-state index in [0.717, 1.165) is 82.9 Å². The predicted octanol–water partition coefficient (Wildman–Crippen LogP) is 4.53. The molecule has 3 aromatic heterocycles. The number of benzene rings is 1. The van der Waals surface area contributed by atoms with Crippen LogP contribution in [0.3, 0.4) is 0 Å². The molecule has 2 aliphatic rings. The van der Waals surface area contributed by atoms with E-state index in [0.29, 0.717) is 6.54 Å². The van der Waals surface area contributed by atoms with E-state index in [1.165, 1.54) is 25.0 Å². The number of carbonyl (C=O) groups is 1. The summed E-state index contributed by atoms with van der Waals surface area (Å²) in [4.78, 5) is 23.5. The first-order chi connectivity index (χ1) is 18.1. The molecule has 7 heteroatoms. The second-order valence-electron chi connectivity index (χ2n) is 10.5. The van der Waals surface area contributed by atoms with Crippen molar-refractivity contribution in [2.75, 3.05) is 19.6 Å². The van der Waals surface area contributed by atoms with Gasteiger partial charge in [-0.1, -0.05) is 18.2 Å². The molecule has 0 unspecified atom stereocenters. The molecule has 0 radical (unpaired) electrons. The van der Waals surface area contributed by atoms with Crippen molar-refractivity contribution in [2.45, 2.75) is 45.6 Å². The van der Waals surface area contributed by atoms with Gasteiger partial charge in [0.05, 0.1) is 11.4 Å². The van der Waals surface area contributed by atoms with Gasteiger partial charge >= 0.3 is 0 Å². The summed E-state index contributed by atoms with van der Waals surface area (Å²) in [6.07, 6.45) is 9.54. The summed E-state index contributed by atoms with van der Waals surface area (Å²) in [5.41, 5.74) is 7.47. The fourth-order valence-corrected chi connectivity index (χ4v) is 5.86. The van der Waals surface area contributed by atoms with Crippen molar-refractivity contribution in [3.8, 4) is 22.5 Å². The van der Waals surface area contributed by atoms with Crippen molar-refractivity contribution in [2.24, 2.45) is 13.0 Å². The van der Waals surface area contributed by atoms with Crippen molar-refractivity contribution >= 4 is 16.7 Å². The highest BCUT2D eigenvalue weighted by molar-refractivity contribution is 5.97. The van der Waals surface area contributed by atoms with E-state index in [1.807, 2.05) is 29.0 Å². The zero-order valence-corrected chi connectivity index (χ0v) is 21.7. The average molecular weight is 495 g/mol.